The fourth-order valence-electron chi connectivity index (χ4n) is 3.15. The molecule has 1 N–H and O–H groups in total. The normalized spacial score (nSPS) is 16.2. The lowest BCUT2D eigenvalue weighted by molar-refractivity contribution is 0.423. The van der Waals surface area contributed by atoms with Crippen molar-refractivity contribution in [2.45, 2.75) is 43.9 Å². The van der Waals surface area contributed by atoms with Gasteiger partial charge in [-0.3, -0.25) is 0 Å². The highest BCUT2D eigenvalue weighted by Crippen LogP contribution is 2.20. The molecule has 0 amide bonds. The van der Waals surface area contributed by atoms with Crippen molar-refractivity contribution < 1.29 is 8.42 Å². The highest BCUT2D eigenvalue weighted by molar-refractivity contribution is 7.89. The Morgan fingerprint density at radius 1 is 1.04 bits per heavy atom. The first-order chi connectivity index (χ1) is 12.6. The lowest BCUT2D eigenvalue weighted by Crippen LogP contribution is -2.31. The molecule has 140 valence electrons. The third-order valence-electron chi connectivity index (χ3n) is 4.65. The Kier molecular flexibility index (Phi) is 6.21. The minimum absolute atomic E-state index is 0.391. The topological polar surface area (TPSA) is 75.2 Å². The van der Waals surface area contributed by atoms with Gasteiger partial charge in [0.2, 0.25) is 10.0 Å². The number of hydrogen-bond acceptors (Lipinski definition) is 5. The van der Waals surface area contributed by atoms with Gasteiger partial charge in [0.15, 0.2) is 0 Å². The quantitative estimate of drug-likeness (QED) is 0.841. The van der Waals surface area contributed by atoms with E-state index in [4.69, 9.17) is 0 Å². The summed E-state index contributed by atoms with van der Waals surface area (Å²) in [5.74, 6) is 0.804. The summed E-state index contributed by atoms with van der Waals surface area (Å²) in [6.45, 7) is 3.92. The fourth-order valence-corrected chi connectivity index (χ4v) is 4.66. The first-order valence-corrected chi connectivity index (χ1v) is 10.6. The molecule has 2 aromatic rings. The van der Waals surface area contributed by atoms with Crippen molar-refractivity contribution in [3.63, 3.8) is 0 Å². The summed E-state index contributed by atoms with van der Waals surface area (Å²) in [5, 5.41) is 3.26. The van der Waals surface area contributed by atoms with Gasteiger partial charge in [0.05, 0.1) is 4.90 Å². The summed E-state index contributed by atoms with van der Waals surface area (Å²) in [4.78, 5) is 8.63. The number of rotatable bonds is 6. The average molecular weight is 375 g/mol. The number of aryl methyl sites for hydroxylation is 1. The minimum atomic E-state index is -3.37. The van der Waals surface area contributed by atoms with Crippen LogP contribution in [0.15, 0.2) is 41.6 Å². The van der Waals surface area contributed by atoms with E-state index >= 15 is 0 Å². The first kappa shape index (κ1) is 18.8. The number of sulfonamides is 1. The molecule has 7 heteroatoms. The number of anilines is 1. The molecule has 0 bridgehead atoms. The van der Waals surface area contributed by atoms with Crippen LogP contribution in [0.3, 0.4) is 0 Å². The Bertz CT molecular complexity index is 814. The lowest BCUT2D eigenvalue weighted by Gasteiger charge is -2.20. The van der Waals surface area contributed by atoms with Crippen LogP contribution in [0.4, 0.5) is 5.82 Å². The minimum Gasteiger partial charge on any atom is -0.370 e. The second-order valence-electron chi connectivity index (χ2n) is 6.68. The van der Waals surface area contributed by atoms with Gasteiger partial charge in [0.1, 0.15) is 12.1 Å². The van der Waals surface area contributed by atoms with Crippen molar-refractivity contribution >= 4 is 15.8 Å². The number of hydrogen-bond donors (Lipinski definition) is 1. The average Bonchev–Trinajstić information content (AvgIpc) is 2.92. The second kappa shape index (κ2) is 8.60. The van der Waals surface area contributed by atoms with Crippen LogP contribution in [-0.2, 0) is 16.4 Å². The van der Waals surface area contributed by atoms with Crippen LogP contribution >= 0.6 is 0 Å². The van der Waals surface area contributed by atoms with Crippen molar-refractivity contribution in [2.24, 2.45) is 0 Å². The van der Waals surface area contributed by atoms with Crippen molar-refractivity contribution in [3.05, 3.63) is 47.9 Å². The van der Waals surface area contributed by atoms with Gasteiger partial charge in [-0.05, 0) is 43.9 Å². The van der Waals surface area contributed by atoms with E-state index in [1.807, 2.05) is 25.1 Å². The molecule has 1 fully saturated rings. The molecule has 6 nitrogen and oxygen atoms in total. The lowest BCUT2D eigenvalue weighted by atomic mass is 10.1. The Morgan fingerprint density at radius 3 is 2.38 bits per heavy atom. The maximum Gasteiger partial charge on any atom is 0.243 e. The molecule has 3 rings (SSSR count). The molecule has 0 atom stereocenters. The van der Waals surface area contributed by atoms with Crippen molar-refractivity contribution in [2.75, 3.05) is 25.0 Å². The second-order valence-corrected chi connectivity index (χ2v) is 8.62. The smallest absolute Gasteiger partial charge is 0.243 e. The monoisotopic (exact) mass is 374 g/mol. The molecule has 0 radical (unpaired) electrons. The molecule has 1 saturated heterocycles. The SMILES string of the molecule is Cc1cc(NCCc2ccc(S(=O)(=O)N3CCCCCC3)cc2)ncn1. The van der Waals surface area contributed by atoms with Gasteiger partial charge >= 0.3 is 0 Å². The summed E-state index contributed by atoms with van der Waals surface area (Å²) in [6.07, 6.45) is 6.47. The number of benzene rings is 1. The Morgan fingerprint density at radius 2 is 1.73 bits per heavy atom. The van der Waals surface area contributed by atoms with Crippen molar-refractivity contribution in [1.82, 2.24) is 14.3 Å². The third kappa shape index (κ3) is 4.80. The van der Waals surface area contributed by atoms with Gasteiger partial charge in [0.25, 0.3) is 0 Å². The van der Waals surface area contributed by atoms with Gasteiger partial charge in [-0.1, -0.05) is 25.0 Å². The summed E-state index contributed by atoms with van der Waals surface area (Å²) < 4.78 is 27.2. The van der Waals surface area contributed by atoms with Gasteiger partial charge in [0, 0.05) is 31.4 Å². The maximum atomic E-state index is 12.8. The largest absolute Gasteiger partial charge is 0.370 e. The molecule has 1 aliphatic rings. The van der Waals surface area contributed by atoms with Crippen molar-refractivity contribution in [1.29, 1.82) is 0 Å². The molecular weight excluding hydrogens is 348 g/mol. The van der Waals surface area contributed by atoms with Crippen LogP contribution in [0.25, 0.3) is 0 Å². The number of nitrogens with one attached hydrogen (secondary N) is 1. The highest BCUT2D eigenvalue weighted by Gasteiger charge is 2.24. The molecular formula is C19H26N4O2S. The first-order valence-electron chi connectivity index (χ1n) is 9.17. The fraction of sp³-hybridized carbons (Fsp3) is 0.474. The molecule has 0 aliphatic carbocycles. The van der Waals surface area contributed by atoms with E-state index in [9.17, 15) is 8.42 Å². The van der Waals surface area contributed by atoms with Crippen molar-refractivity contribution in [3.8, 4) is 0 Å². The summed E-state index contributed by atoms with van der Waals surface area (Å²) in [7, 11) is -3.37. The van der Waals surface area contributed by atoms with E-state index < -0.39 is 10.0 Å². The zero-order valence-electron chi connectivity index (χ0n) is 15.2. The summed E-state index contributed by atoms with van der Waals surface area (Å²) in [6, 6.07) is 9.15. The van der Waals surface area contributed by atoms with E-state index in [1.165, 1.54) is 0 Å². The number of nitrogens with zero attached hydrogens (tertiary/aromatic N) is 3. The van der Waals surface area contributed by atoms with Gasteiger partial charge < -0.3 is 5.32 Å². The Balaban J connectivity index is 1.59. The molecule has 2 heterocycles. The van der Waals surface area contributed by atoms with Crippen LogP contribution < -0.4 is 5.32 Å². The summed E-state index contributed by atoms with van der Waals surface area (Å²) >= 11 is 0. The predicted molar refractivity (Wildman–Crippen MR) is 103 cm³/mol. The summed E-state index contributed by atoms with van der Waals surface area (Å²) in [5.41, 5.74) is 2.02. The molecule has 26 heavy (non-hydrogen) atoms. The Labute approximate surface area is 155 Å². The van der Waals surface area contributed by atoms with Crippen LogP contribution in [0.5, 0.6) is 0 Å². The molecule has 1 aromatic carbocycles. The zero-order chi connectivity index (χ0) is 18.4. The Hall–Kier alpha value is -1.99. The predicted octanol–water partition coefficient (Wildman–Crippen LogP) is 3.00. The van der Waals surface area contributed by atoms with E-state index in [0.717, 1.165) is 55.7 Å². The van der Waals surface area contributed by atoms with E-state index in [0.29, 0.717) is 18.0 Å². The zero-order valence-corrected chi connectivity index (χ0v) is 16.0. The van der Waals surface area contributed by atoms with E-state index in [1.54, 1.807) is 22.8 Å². The highest BCUT2D eigenvalue weighted by atomic mass is 32.2. The molecule has 0 saturated carbocycles. The van der Waals surface area contributed by atoms with E-state index in [-0.39, 0.29) is 0 Å². The number of aromatic nitrogens is 2. The molecule has 1 aromatic heterocycles. The van der Waals surface area contributed by atoms with Crippen LogP contribution in [-0.4, -0.2) is 42.3 Å². The van der Waals surface area contributed by atoms with Gasteiger partial charge in [-0.2, -0.15) is 4.31 Å². The maximum absolute atomic E-state index is 12.8. The molecule has 1 aliphatic heterocycles. The molecule has 0 unspecified atom stereocenters. The standard InChI is InChI=1S/C19H26N4O2S/c1-16-14-19(22-15-21-16)20-11-10-17-6-8-18(9-7-17)26(24,25)23-12-4-2-3-5-13-23/h6-9,14-15H,2-5,10-13H2,1H3,(H,20,21,22). The van der Waals surface area contributed by atoms with E-state index in [2.05, 4.69) is 15.3 Å². The van der Waals surface area contributed by atoms with Gasteiger partial charge in [-0.25, -0.2) is 18.4 Å². The van der Waals surface area contributed by atoms with Crippen LogP contribution in [0.1, 0.15) is 36.9 Å². The third-order valence-corrected chi connectivity index (χ3v) is 6.56. The van der Waals surface area contributed by atoms with Crippen LogP contribution in [0, 0.1) is 6.92 Å². The van der Waals surface area contributed by atoms with Crippen LogP contribution in [0.2, 0.25) is 0 Å². The van der Waals surface area contributed by atoms with Gasteiger partial charge in [-0.15, -0.1) is 0 Å². The molecule has 0 spiro atoms.